The zero-order valence-electron chi connectivity index (χ0n) is 12.6. The van der Waals surface area contributed by atoms with Crippen molar-refractivity contribution in [2.45, 2.75) is 39.2 Å². The largest absolute Gasteiger partial charge is 0.494 e. The van der Waals surface area contributed by atoms with Crippen LogP contribution < -0.4 is 4.74 Å². The molecule has 1 aliphatic rings. The van der Waals surface area contributed by atoms with Gasteiger partial charge in [-0.3, -0.25) is 0 Å². The molecule has 1 aromatic rings. The van der Waals surface area contributed by atoms with E-state index >= 15 is 0 Å². The summed E-state index contributed by atoms with van der Waals surface area (Å²) in [7, 11) is 0. The maximum absolute atomic E-state index is 8.97. The van der Waals surface area contributed by atoms with Crippen molar-refractivity contribution in [3.63, 3.8) is 0 Å². The summed E-state index contributed by atoms with van der Waals surface area (Å²) in [5.41, 5.74) is 0.927. The number of aliphatic hydroxyl groups excluding tert-OH is 1. The Morgan fingerprint density at radius 1 is 1.15 bits per heavy atom. The Labute approximate surface area is 122 Å². The molecule has 1 heterocycles. The lowest BCUT2D eigenvalue weighted by Crippen LogP contribution is -2.33. The first kappa shape index (κ1) is 15.3. The summed E-state index contributed by atoms with van der Waals surface area (Å²) in [6.45, 7) is 6.97. The molecule has 1 N–H and O–H groups in total. The van der Waals surface area contributed by atoms with E-state index in [0.717, 1.165) is 30.3 Å². The number of hydrogen-bond acceptors (Lipinski definition) is 3. The van der Waals surface area contributed by atoms with Gasteiger partial charge in [0.2, 0.25) is 0 Å². The third-order valence-corrected chi connectivity index (χ3v) is 4.12. The lowest BCUT2D eigenvalue weighted by atomic mass is 9.99. The zero-order valence-corrected chi connectivity index (χ0v) is 12.6. The van der Waals surface area contributed by atoms with E-state index in [1.54, 1.807) is 0 Å². The van der Waals surface area contributed by atoms with Gasteiger partial charge in [-0.05, 0) is 68.9 Å². The van der Waals surface area contributed by atoms with E-state index in [1.807, 2.05) is 24.3 Å². The van der Waals surface area contributed by atoms with Crippen molar-refractivity contribution < 1.29 is 9.84 Å². The molecule has 1 fully saturated rings. The van der Waals surface area contributed by atoms with Crippen molar-refractivity contribution in [3.05, 3.63) is 29.8 Å². The van der Waals surface area contributed by atoms with Crippen LogP contribution >= 0.6 is 0 Å². The molecule has 0 aromatic heterocycles. The van der Waals surface area contributed by atoms with E-state index in [1.165, 1.54) is 38.9 Å². The average molecular weight is 277 g/mol. The second kappa shape index (κ2) is 8.28. The second-order valence-corrected chi connectivity index (χ2v) is 5.88. The highest BCUT2D eigenvalue weighted by atomic mass is 16.5. The molecule has 1 aliphatic heterocycles. The van der Waals surface area contributed by atoms with Gasteiger partial charge in [0.05, 0.1) is 13.2 Å². The molecule has 112 valence electrons. The first-order chi connectivity index (χ1) is 9.78. The van der Waals surface area contributed by atoms with Crippen molar-refractivity contribution in [1.82, 2.24) is 4.90 Å². The van der Waals surface area contributed by atoms with Crippen LogP contribution in [0, 0.1) is 5.92 Å². The average Bonchev–Trinajstić information content (AvgIpc) is 2.49. The third kappa shape index (κ3) is 5.14. The van der Waals surface area contributed by atoms with Crippen molar-refractivity contribution in [1.29, 1.82) is 0 Å². The summed E-state index contributed by atoms with van der Waals surface area (Å²) in [5.74, 6) is 1.81. The van der Waals surface area contributed by atoms with Crippen LogP contribution in [-0.4, -0.2) is 36.2 Å². The number of piperidine rings is 1. The van der Waals surface area contributed by atoms with Crippen LogP contribution in [0.2, 0.25) is 0 Å². The molecule has 1 saturated heterocycles. The fourth-order valence-electron chi connectivity index (χ4n) is 2.60. The fraction of sp³-hybridized carbons (Fsp3) is 0.647. The molecule has 2 rings (SSSR count). The van der Waals surface area contributed by atoms with E-state index in [2.05, 4.69) is 11.8 Å². The molecule has 20 heavy (non-hydrogen) atoms. The first-order valence-electron chi connectivity index (χ1n) is 7.83. The number of likely N-dealkylation sites (tertiary alicyclic amines) is 1. The Morgan fingerprint density at radius 3 is 2.50 bits per heavy atom. The number of benzene rings is 1. The van der Waals surface area contributed by atoms with Gasteiger partial charge >= 0.3 is 0 Å². The number of rotatable bonds is 7. The van der Waals surface area contributed by atoms with Gasteiger partial charge in [-0.15, -0.1) is 0 Å². The summed E-state index contributed by atoms with van der Waals surface area (Å²) >= 11 is 0. The van der Waals surface area contributed by atoms with Gasteiger partial charge in [0.25, 0.3) is 0 Å². The highest BCUT2D eigenvalue weighted by molar-refractivity contribution is 5.26. The number of ether oxygens (including phenoxy) is 1. The van der Waals surface area contributed by atoms with Gasteiger partial charge in [-0.1, -0.05) is 19.1 Å². The van der Waals surface area contributed by atoms with Gasteiger partial charge in [-0.2, -0.15) is 0 Å². The molecule has 3 heteroatoms. The van der Waals surface area contributed by atoms with Crippen LogP contribution in [0.4, 0.5) is 0 Å². The molecule has 0 aliphatic carbocycles. The molecule has 0 amide bonds. The number of aliphatic hydroxyl groups is 1. The van der Waals surface area contributed by atoms with Gasteiger partial charge in [0.15, 0.2) is 0 Å². The SMILES string of the molecule is CC1CCN(CCCCOc2ccc(CO)cc2)CC1. The monoisotopic (exact) mass is 277 g/mol. The van der Waals surface area contributed by atoms with Crippen LogP contribution in [0.15, 0.2) is 24.3 Å². The molecule has 3 nitrogen and oxygen atoms in total. The Morgan fingerprint density at radius 2 is 1.85 bits per heavy atom. The predicted molar refractivity (Wildman–Crippen MR) is 81.9 cm³/mol. The van der Waals surface area contributed by atoms with Gasteiger partial charge in [0, 0.05) is 0 Å². The van der Waals surface area contributed by atoms with Crippen LogP contribution in [0.25, 0.3) is 0 Å². The Balaban J connectivity index is 1.55. The fourth-order valence-corrected chi connectivity index (χ4v) is 2.60. The Kier molecular flexibility index (Phi) is 6.34. The highest BCUT2D eigenvalue weighted by Gasteiger charge is 2.14. The maximum Gasteiger partial charge on any atom is 0.119 e. The van der Waals surface area contributed by atoms with E-state index in [0.29, 0.717) is 0 Å². The molecule has 0 radical (unpaired) electrons. The number of hydrogen-bond donors (Lipinski definition) is 1. The molecule has 0 saturated carbocycles. The quantitative estimate of drug-likeness (QED) is 0.778. The lowest BCUT2D eigenvalue weighted by Gasteiger charge is -2.30. The minimum Gasteiger partial charge on any atom is -0.494 e. The second-order valence-electron chi connectivity index (χ2n) is 5.88. The molecule has 0 unspecified atom stereocenters. The lowest BCUT2D eigenvalue weighted by molar-refractivity contribution is 0.185. The summed E-state index contributed by atoms with van der Waals surface area (Å²) in [5, 5.41) is 8.97. The van der Waals surface area contributed by atoms with E-state index < -0.39 is 0 Å². The van der Waals surface area contributed by atoms with Crippen molar-refractivity contribution >= 4 is 0 Å². The van der Waals surface area contributed by atoms with Crippen molar-refractivity contribution in [2.75, 3.05) is 26.2 Å². The van der Waals surface area contributed by atoms with Crippen LogP contribution in [-0.2, 0) is 6.61 Å². The molecule has 0 atom stereocenters. The van der Waals surface area contributed by atoms with Gasteiger partial charge in [0.1, 0.15) is 5.75 Å². The van der Waals surface area contributed by atoms with Crippen molar-refractivity contribution in [3.8, 4) is 5.75 Å². The summed E-state index contributed by atoms with van der Waals surface area (Å²) in [6, 6.07) is 7.67. The zero-order chi connectivity index (χ0) is 14.2. The van der Waals surface area contributed by atoms with Gasteiger partial charge in [-0.25, -0.2) is 0 Å². The normalized spacial score (nSPS) is 17.3. The maximum atomic E-state index is 8.97. The first-order valence-corrected chi connectivity index (χ1v) is 7.83. The molecular formula is C17H27NO2. The summed E-state index contributed by atoms with van der Waals surface area (Å²) in [6.07, 6.45) is 5.03. The minimum atomic E-state index is 0.0920. The van der Waals surface area contributed by atoms with Crippen LogP contribution in [0.1, 0.15) is 38.2 Å². The van der Waals surface area contributed by atoms with Crippen molar-refractivity contribution in [2.24, 2.45) is 5.92 Å². The van der Waals surface area contributed by atoms with Gasteiger partial charge < -0.3 is 14.7 Å². The summed E-state index contributed by atoms with van der Waals surface area (Å²) < 4.78 is 5.71. The highest BCUT2D eigenvalue weighted by Crippen LogP contribution is 2.16. The molecular weight excluding hydrogens is 250 g/mol. The topological polar surface area (TPSA) is 32.7 Å². The molecule has 0 spiro atoms. The van der Waals surface area contributed by atoms with Crippen LogP contribution in [0.3, 0.4) is 0 Å². The Bertz CT molecular complexity index is 369. The standard InChI is InChI=1S/C17H27NO2/c1-15-8-11-18(12-9-15)10-2-3-13-20-17-6-4-16(14-19)5-7-17/h4-7,15,19H,2-3,8-14H2,1H3. The smallest absolute Gasteiger partial charge is 0.119 e. The molecule has 0 bridgehead atoms. The summed E-state index contributed by atoms with van der Waals surface area (Å²) in [4.78, 5) is 2.58. The Hall–Kier alpha value is -1.06. The third-order valence-electron chi connectivity index (χ3n) is 4.12. The number of nitrogens with zero attached hydrogens (tertiary/aromatic N) is 1. The number of unbranched alkanes of at least 4 members (excludes halogenated alkanes) is 1. The van der Waals surface area contributed by atoms with E-state index in [4.69, 9.17) is 9.84 Å². The predicted octanol–water partition coefficient (Wildman–Crippen LogP) is 3.07. The minimum absolute atomic E-state index is 0.0920. The van der Waals surface area contributed by atoms with Crippen LogP contribution in [0.5, 0.6) is 5.75 Å². The van der Waals surface area contributed by atoms with E-state index in [-0.39, 0.29) is 6.61 Å². The van der Waals surface area contributed by atoms with E-state index in [9.17, 15) is 0 Å². The molecule has 1 aromatic carbocycles.